The van der Waals surface area contributed by atoms with Crippen molar-refractivity contribution >= 4 is 39.5 Å². The minimum absolute atomic E-state index is 0.102. The summed E-state index contributed by atoms with van der Waals surface area (Å²) in [4.78, 5) is 72.3. The Kier molecular flexibility index (Phi) is 54.8. The molecular formula is C66H128O17P2. The van der Waals surface area contributed by atoms with Crippen LogP contribution in [0, 0.1) is 23.7 Å². The van der Waals surface area contributed by atoms with E-state index in [-0.39, 0.29) is 25.7 Å². The summed E-state index contributed by atoms with van der Waals surface area (Å²) < 4.78 is 68.1. The van der Waals surface area contributed by atoms with Gasteiger partial charge in [0.05, 0.1) is 26.4 Å². The molecular weight excluding hydrogens is 1130 g/mol. The van der Waals surface area contributed by atoms with Crippen LogP contribution >= 0.6 is 15.6 Å². The zero-order valence-corrected chi connectivity index (χ0v) is 57.0. The summed E-state index contributed by atoms with van der Waals surface area (Å²) in [7, 11) is -9.89. The van der Waals surface area contributed by atoms with Crippen molar-refractivity contribution in [3.05, 3.63) is 0 Å². The summed E-state index contributed by atoms with van der Waals surface area (Å²) in [6.07, 6.45) is 36.4. The zero-order chi connectivity index (χ0) is 63.2. The second-order valence-corrected chi connectivity index (χ2v) is 28.7. The number of carbonyl (C=O) groups excluding carboxylic acids is 4. The third-order valence-electron chi connectivity index (χ3n) is 15.1. The van der Waals surface area contributed by atoms with E-state index in [2.05, 4.69) is 55.4 Å². The van der Waals surface area contributed by atoms with Gasteiger partial charge in [-0.25, -0.2) is 9.13 Å². The molecule has 0 saturated carbocycles. The standard InChI is InChI=1S/C66H128O17P2/c1-56(2)42-34-26-18-12-10-9-11-13-22-30-38-46-63(68)76-52-61(82-65(70)48-40-32-23-15-14-19-27-35-43-57(3)4)54-80-84(72,73)78-50-60(67)51-79-85(74,75)81-55-62(83-66(71)49-41-33-25-17-21-29-37-45-59(7)8)53-77-64(69)47-39-31-24-16-20-28-36-44-58(5)6/h56-62,67H,9-55H2,1-8H3,(H,72,73)(H,74,75)/t60?,61-,62-/m1/s1. The van der Waals surface area contributed by atoms with Gasteiger partial charge in [0.25, 0.3) is 0 Å². The number of rotatable bonds is 63. The molecule has 0 aliphatic heterocycles. The SMILES string of the molecule is CC(C)CCCCCCCCCCCCCC(=O)OC[C@H](COP(=O)(O)OCC(O)COP(=O)(O)OC[C@@H](COC(=O)CCCCCCCCCC(C)C)OC(=O)CCCCCCCCCC(C)C)OC(=O)CCCCCCCCCCC(C)C. The number of phosphoric acid groups is 2. The van der Waals surface area contributed by atoms with Crippen LogP contribution in [0.2, 0.25) is 0 Å². The molecule has 0 aromatic heterocycles. The van der Waals surface area contributed by atoms with Crippen LogP contribution in [0.3, 0.4) is 0 Å². The van der Waals surface area contributed by atoms with E-state index in [1.165, 1.54) is 116 Å². The van der Waals surface area contributed by atoms with E-state index in [1.807, 2.05) is 0 Å². The molecule has 85 heavy (non-hydrogen) atoms. The number of hydrogen-bond acceptors (Lipinski definition) is 15. The third-order valence-corrected chi connectivity index (χ3v) is 17.0. The molecule has 0 aliphatic rings. The highest BCUT2D eigenvalue weighted by molar-refractivity contribution is 7.47. The molecule has 3 unspecified atom stereocenters. The molecule has 5 atom stereocenters. The fraction of sp³-hybridized carbons (Fsp3) is 0.939. The van der Waals surface area contributed by atoms with Crippen molar-refractivity contribution in [3.63, 3.8) is 0 Å². The molecule has 3 N–H and O–H groups in total. The van der Waals surface area contributed by atoms with Crippen molar-refractivity contribution in [1.29, 1.82) is 0 Å². The van der Waals surface area contributed by atoms with Gasteiger partial charge in [-0.05, 0) is 49.4 Å². The smallest absolute Gasteiger partial charge is 0.462 e. The van der Waals surface area contributed by atoms with Crippen molar-refractivity contribution in [2.45, 2.75) is 337 Å². The summed E-state index contributed by atoms with van der Waals surface area (Å²) in [5.74, 6) is 0.751. The molecule has 0 aliphatic carbocycles. The fourth-order valence-corrected chi connectivity index (χ4v) is 11.4. The number of hydrogen-bond donors (Lipinski definition) is 3. The van der Waals surface area contributed by atoms with Crippen LogP contribution in [0.25, 0.3) is 0 Å². The van der Waals surface area contributed by atoms with Gasteiger partial charge >= 0.3 is 39.5 Å². The first-order valence-corrected chi connectivity index (χ1v) is 37.2. The quantitative estimate of drug-likeness (QED) is 0.0222. The molecule has 0 aromatic carbocycles. The largest absolute Gasteiger partial charge is 0.472 e. The highest BCUT2D eigenvalue weighted by atomic mass is 31.2. The average molecular weight is 1260 g/mol. The van der Waals surface area contributed by atoms with E-state index < -0.39 is 97.5 Å². The Hall–Kier alpha value is -1.94. The molecule has 17 nitrogen and oxygen atoms in total. The second kappa shape index (κ2) is 56.1. The van der Waals surface area contributed by atoms with Gasteiger partial charge in [-0.2, -0.15) is 0 Å². The first-order valence-electron chi connectivity index (χ1n) is 34.2. The molecule has 0 spiro atoms. The van der Waals surface area contributed by atoms with Gasteiger partial charge in [0.2, 0.25) is 0 Å². The van der Waals surface area contributed by atoms with Crippen molar-refractivity contribution in [3.8, 4) is 0 Å². The molecule has 0 aromatic rings. The summed E-state index contributed by atoms with van der Waals surface area (Å²) in [6, 6.07) is 0. The lowest BCUT2D eigenvalue weighted by molar-refractivity contribution is -0.161. The Morgan fingerprint density at radius 2 is 0.494 bits per heavy atom. The number of carbonyl (C=O) groups is 4. The normalized spacial score (nSPS) is 14.4. The van der Waals surface area contributed by atoms with Crippen LogP contribution in [-0.2, 0) is 65.4 Å². The molecule has 0 saturated heterocycles. The number of unbranched alkanes of at least 4 members (excludes halogenated alkanes) is 29. The van der Waals surface area contributed by atoms with Crippen LogP contribution < -0.4 is 0 Å². The molecule has 0 radical (unpaired) electrons. The Morgan fingerprint density at radius 1 is 0.294 bits per heavy atom. The molecule has 0 rings (SSSR count). The van der Waals surface area contributed by atoms with E-state index in [9.17, 15) is 43.2 Å². The van der Waals surface area contributed by atoms with Crippen molar-refractivity contribution in [1.82, 2.24) is 0 Å². The summed E-state index contributed by atoms with van der Waals surface area (Å²) in [5, 5.41) is 10.5. The Bertz CT molecular complexity index is 1700. The van der Waals surface area contributed by atoms with Crippen LogP contribution in [0.5, 0.6) is 0 Å². The molecule has 0 amide bonds. The van der Waals surface area contributed by atoms with Crippen LogP contribution in [0.1, 0.15) is 319 Å². The molecule has 0 bridgehead atoms. The van der Waals surface area contributed by atoms with E-state index >= 15 is 0 Å². The maximum absolute atomic E-state index is 13.0. The summed E-state index contributed by atoms with van der Waals surface area (Å²) >= 11 is 0. The van der Waals surface area contributed by atoms with Gasteiger partial charge < -0.3 is 33.8 Å². The van der Waals surface area contributed by atoms with Gasteiger partial charge in [-0.3, -0.25) is 37.3 Å². The van der Waals surface area contributed by atoms with Gasteiger partial charge in [-0.1, -0.05) is 267 Å². The van der Waals surface area contributed by atoms with E-state index in [1.54, 1.807) is 0 Å². The molecule has 0 heterocycles. The molecule has 0 fully saturated rings. The zero-order valence-electron chi connectivity index (χ0n) is 55.2. The van der Waals surface area contributed by atoms with Gasteiger partial charge in [0.1, 0.15) is 19.3 Å². The Balaban J connectivity index is 5.24. The predicted octanol–water partition coefficient (Wildman–Crippen LogP) is 18.1. The van der Waals surface area contributed by atoms with Gasteiger partial charge in [-0.15, -0.1) is 0 Å². The monoisotopic (exact) mass is 1250 g/mol. The van der Waals surface area contributed by atoms with Crippen molar-refractivity contribution < 1.29 is 80.2 Å². The summed E-state index contributed by atoms with van der Waals surface area (Å²) in [6.45, 7) is 14.0. The minimum atomic E-state index is -4.95. The highest BCUT2D eigenvalue weighted by Gasteiger charge is 2.30. The Morgan fingerprint density at radius 3 is 0.729 bits per heavy atom. The van der Waals surface area contributed by atoms with E-state index in [4.69, 9.17) is 37.0 Å². The number of esters is 4. The lowest BCUT2D eigenvalue weighted by Crippen LogP contribution is -2.30. The molecule has 19 heteroatoms. The highest BCUT2D eigenvalue weighted by Crippen LogP contribution is 2.45. The minimum Gasteiger partial charge on any atom is -0.462 e. The topological polar surface area (TPSA) is 237 Å². The average Bonchev–Trinajstić information content (AvgIpc) is 3.56. The van der Waals surface area contributed by atoms with Gasteiger partial charge in [0, 0.05) is 25.7 Å². The third kappa shape index (κ3) is 60.7. The van der Waals surface area contributed by atoms with Gasteiger partial charge in [0.15, 0.2) is 12.2 Å². The van der Waals surface area contributed by atoms with E-state index in [0.29, 0.717) is 37.5 Å². The number of ether oxygens (including phenoxy) is 4. The van der Waals surface area contributed by atoms with Crippen LogP contribution in [0.4, 0.5) is 0 Å². The van der Waals surface area contributed by atoms with Crippen molar-refractivity contribution in [2.24, 2.45) is 23.7 Å². The number of aliphatic hydroxyl groups excluding tert-OH is 1. The van der Waals surface area contributed by atoms with E-state index in [0.717, 1.165) is 108 Å². The summed E-state index contributed by atoms with van der Waals surface area (Å²) in [5.41, 5.74) is 0. The predicted molar refractivity (Wildman–Crippen MR) is 340 cm³/mol. The first-order chi connectivity index (χ1) is 40.6. The van der Waals surface area contributed by atoms with Crippen LogP contribution in [0.15, 0.2) is 0 Å². The number of aliphatic hydroxyl groups is 1. The lowest BCUT2D eigenvalue weighted by Gasteiger charge is -2.21. The maximum atomic E-state index is 13.0. The Labute approximate surface area is 517 Å². The second-order valence-electron chi connectivity index (χ2n) is 25.8. The van der Waals surface area contributed by atoms with Crippen LogP contribution in [-0.4, -0.2) is 96.7 Å². The lowest BCUT2D eigenvalue weighted by atomic mass is 10.0. The van der Waals surface area contributed by atoms with Crippen molar-refractivity contribution in [2.75, 3.05) is 39.6 Å². The fourth-order valence-electron chi connectivity index (χ4n) is 9.78. The first kappa shape index (κ1) is 83.1. The number of phosphoric ester groups is 2. The maximum Gasteiger partial charge on any atom is 0.472 e. The molecule has 504 valence electrons.